The quantitative estimate of drug-likeness (QED) is 0.367. The minimum Gasteiger partial charge on any atom is -0.332 e. The monoisotopic (exact) mass is 409 g/mol. The molecule has 0 fully saturated rings. The Kier molecular flexibility index (Phi) is 5.07. The molecule has 0 unspecified atom stereocenters. The van der Waals surface area contributed by atoms with Crippen LogP contribution in [0, 0.1) is 6.92 Å². The van der Waals surface area contributed by atoms with Crippen LogP contribution < -0.4 is 10.6 Å². The molecule has 0 bridgehead atoms. The Morgan fingerprint density at radius 3 is 2.52 bits per heavy atom. The summed E-state index contributed by atoms with van der Waals surface area (Å²) in [4.78, 5) is 4.73. The Morgan fingerprint density at radius 1 is 0.963 bits per heavy atom. The average Bonchev–Trinajstić information content (AvgIpc) is 3.05. The zero-order valence-corrected chi connectivity index (χ0v) is 16.9. The molecule has 6 heteroatoms. The van der Waals surface area contributed by atoms with Gasteiger partial charge >= 0.3 is 0 Å². The van der Waals surface area contributed by atoms with E-state index in [4.69, 9.17) is 28.8 Å². The smallest absolute Gasteiger partial charge is 0.175 e. The van der Waals surface area contributed by atoms with Crippen LogP contribution in [0.25, 0.3) is 20.8 Å². The third-order valence-corrected chi connectivity index (χ3v) is 5.52. The van der Waals surface area contributed by atoms with Crippen molar-refractivity contribution in [3.63, 3.8) is 0 Å². The van der Waals surface area contributed by atoms with Gasteiger partial charge in [-0.2, -0.15) is 0 Å². The van der Waals surface area contributed by atoms with Gasteiger partial charge in [-0.15, -0.1) is 11.3 Å². The summed E-state index contributed by atoms with van der Waals surface area (Å²) in [6.07, 6.45) is 0. The summed E-state index contributed by atoms with van der Waals surface area (Å²) in [6.45, 7) is 2.10. The Morgan fingerprint density at radius 2 is 1.74 bits per heavy atom. The Bertz CT molecular complexity index is 1120. The molecule has 0 aliphatic heterocycles. The fraction of sp³-hybridized carbons (Fsp3) is 0.0476. The van der Waals surface area contributed by atoms with Crippen molar-refractivity contribution in [1.82, 2.24) is 4.98 Å². The van der Waals surface area contributed by atoms with Gasteiger partial charge in [0.15, 0.2) is 5.11 Å². The van der Waals surface area contributed by atoms with Gasteiger partial charge in [0.25, 0.3) is 0 Å². The molecule has 0 saturated carbocycles. The van der Waals surface area contributed by atoms with E-state index in [-0.39, 0.29) is 0 Å². The second-order valence-corrected chi connectivity index (χ2v) is 8.03. The molecule has 0 spiro atoms. The molecule has 2 N–H and O–H groups in total. The van der Waals surface area contributed by atoms with Crippen molar-refractivity contribution in [3.05, 3.63) is 77.3 Å². The maximum absolute atomic E-state index is 5.99. The van der Waals surface area contributed by atoms with Gasteiger partial charge in [0.1, 0.15) is 5.01 Å². The summed E-state index contributed by atoms with van der Waals surface area (Å²) in [5.41, 5.74) is 5.14. The molecule has 134 valence electrons. The first-order valence-corrected chi connectivity index (χ1v) is 9.98. The number of hydrogen-bond acceptors (Lipinski definition) is 3. The van der Waals surface area contributed by atoms with Crippen LogP contribution in [0.15, 0.2) is 66.7 Å². The van der Waals surface area contributed by atoms with Crippen LogP contribution in [0.1, 0.15) is 5.56 Å². The Labute approximate surface area is 172 Å². The average molecular weight is 410 g/mol. The molecule has 0 aliphatic rings. The van der Waals surface area contributed by atoms with Crippen molar-refractivity contribution in [2.45, 2.75) is 6.92 Å². The Hall–Kier alpha value is -2.47. The van der Waals surface area contributed by atoms with E-state index >= 15 is 0 Å². The van der Waals surface area contributed by atoms with Gasteiger partial charge in [-0.1, -0.05) is 23.7 Å². The van der Waals surface area contributed by atoms with Crippen LogP contribution in [0.2, 0.25) is 5.02 Å². The number of anilines is 2. The third kappa shape index (κ3) is 4.27. The van der Waals surface area contributed by atoms with E-state index in [9.17, 15) is 0 Å². The number of rotatable bonds is 3. The summed E-state index contributed by atoms with van der Waals surface area (Å²) in [5.74, 6) is 0. The highest BCUT2D eigenvalue weighted by atomic mass is 35.5. The van der Waals surface area contributed by atoms with Crippen molar-refractivity contribution >= 4 is 61.9 Å². The molecule has 0 saturated heterocycles. The summed E-state index contributed by atoms with van der Waals surface area (Å²) < 4.78 is 1.21. The molecular weight excluding hydrogens is 394 g/mol. The minimum atomic E-state index is 0.514. The van der Waals surface area contributed by atoms with Crippen molar-refractivity contribution < 1.29 is 0 Å². The van der Waals surface area contributed by atoms with E-state index in [1.807, 2.05) is 36.4 Å². The van der Waals surface area contributed by atoms with E-state index < -0.39 is 0 Å². The number of aryl methyl sites for hydroxylation is 1. The first kappa shape index (κ1) is 17.9. The van der Waals surface area contributed by atoms with Gasteiger partial charge in [0.2, 0.25) is 0 Å². The molecule has 0 atom stereocenters. The van der Waals surface area contributed by atoms with E-state index in [2.05, 4.69) is 47.9 Å². The van der Waals surface area contributed by atoms with Gasteiger partial charge < -0.3 is 10.6 Å². The van der Waals surface area contributed by atoms with E-state index in [1.165, 1.54) is 10.3 Å². The number of benzene rings is 3. The molecule has 0 aliphatic carbocycles. The lowest BCUT2D eigenvalue weighted by atomic mass is 10.2. The number of hydrogen-bond donors (Lipinski definition) is 2. The topological polar surface area (TPSA) is 37.0 Å². The Balaban J connectivity index is 1.47. The zero-order chi connectivity index (χ0) is 18.8. The van der Waals surface area contributed by atoms with Gasteiger partial charge in [0.05, 0.1) is 10.2 Å². The maximum atomic E-state index is 5.99. The molecule has 27 heavy (non-hydrogen) atoms. The zero-order valence-electron chi connectivity index (χ0n) is 14.5. The van der Waals surface area contributed by atoms with Crippen molar-refractivity contribution in [1.29, 1.82) is 0 Å². The number of thiocarbonyl (C=S) groups is 1. The fourth-order valence-corrected chi connectivity index (χ4v) is 4.21. The SMILES string of the molecule is Cc1ccc2nc(-c3ccc(NC(=S)Nc4cccc(Cl)c4)cc3)sc2c1. The summed E-state index contributed by atoms with van der Waals surface area (Å²) >= 11 is 13.1. The lowest BCUT2D eigenvalue weighted by molar-refractivity contribution is 1.45. The van der Waals surface area contributed by atoms with E-state index in [1.54, 1.807) is 11.3 Å². The number of nitrogens with zero attached hydrogens (tertiary/aromatic N) is 1. The van der Waals surface area contributed by atoms with Crippen LogP contribution >= 0.6 is 35.2 Å². The molecule has 4 rings (SSSR count). The van der Waals surface area contributed by atoms with Crippen LogP contribution in [-0.4, -0.2) is 10.1 Å². The van der Waals surface area contributed by atoms with Gasteiger partial charge in [-0.05, 0) is 79.3 Å². The number of thiazole rings is 1. The predicted octanol–water partition coefficient (Wildman–Crippen LogP) is 6.73. The number of halogens is 1. The molecule has 1 aromatic heterocycles. The van der Waals surface area contributed by atoms with Crippen LogP contribution in [0.3, 0.4) is 0 Å². The fourth-order valence-electron chi connectivity index (χ4n) is 2.71. The molecule has 3 nitrogen and oxygen atoms in total. The van der Waals surface area contributed by atoms with Gasteiger partial charge in [-0.25, -0.2) is 4.98 Å². The van der Waals surface area contributed by atoms with E-state index in [0.29, 0.717) is 10.1 Å². The lowest BCUT2D eigenvalue weighted by Gasteiger charge is -2.11. The van der Waals surface area contributed by atoms with Crippen LogP contribution in [-0.2, 0) is 0 Å². The first-order chi connectivity index (χ1) is 13.1. The lowest BCUT2D eigenvalue weighted by Crippen LogP contribution is -2.18. The molecule has 0 radical (unpaired) electrons. The van der Waals surface area contributed by atoms with Gasteiger partial charge in [0, 0.05) is 22.0 Å². The van der Waals surface area contributed by atoms with Crippen LogP contribution in [0.5, 0.6) is 0 Å². The van der Waals surface area contributed by atoms with Crippen molar-refractivity contribution in [2.24, 2.45) is 0 Å². The second kappa shape index (κ2) is 7.64. The first-order valence-electron chi connectivity index (χ1n) is 8.38. The number of nitrogens with one attached hydrogen (secondary N) is 2. The molecule has 1 heterocycles. The van der Waals surface area contributed by atoms with Crippen molar-refractivity contribution in [3.8, 4) is 10.6 Å². The molecule has 4 aromatic rings. The number of aromatic nitrogens is 1. The largest absolute Gasteiger partial charge is 0.332 e. The third-order valence-electron chi connectivity index (χ3n) is 4.02. The maximum Gasteiger partial charge on any atom is 0.175 e. The normalized spacial score (nSPS) is 10.7. The molecule has 3 aromatic carbocycles. The minimum absolute atomic E-state index is 0.514. The van der Waals surface area contributed by atoms with Crippen molar-refractivity contribution in [2.75, 3.05) is 10.6 Å². The highest BCUT2D eigenvalue weighted by molar-refractivity contribution is 7.80. The summed E-state index contributed by atoms with van der Waals surface area (Å²) in [6, 6.07) is 21.9. The van der Waals surface area contributed by atoms with Crippen LogP contribution in [0.4, 0.5) is 11.4 Å². The highest BCUT2D eigenvalue weighted by Crippen LogP contribution is 2.31. The molecule has 0 amide bonds. The summed E-state index contributed by atoms with van der Waals surface area (Å²) in [7, 11) is 0. The standard InChI is InChI=1S/C21H16ClN3S2/c1-13-5-10-18-19(11-13)27-20(25-18)14-6-8-16(9-7-14)23-21(26)24-17-4-2-3-15(22)12-17/h2-12H,1H3,(H2,23,24,26). The predicted molar refractivity (Wildman–Crippen MR) is 121 cm³/mol. The van der Waals surface area contributed by atoms with E-state index in [0.717, 1.165) is 27.5 Å². The summed E-state index contributed by atoms with van der Waals surface area (Å²) in [5, 5.41) is 8.50. The second-order valence-electron chi connectivity index (χ2n) is 6.16. The molecular formula is C21H16ClN3S2. The highest BCUT2D eigenvalue weighted by Gasteiger charge is 2.07. The van der Waals surface area contributed by atoms with Gasteiger partial charge in [-0.3, -0.25) is 0 Å². The number of fused-ring (bicyclic) bond motifs is 1.